The Balaban J connectivity index is 1.68. The van der Waals surface area contributed by atoms with E-state index in [1.54, 1.807) is 24.3 Å². The fourth-order valence-corrected chi connectivity index (χ4v) is 5.80. The number of nitrogens with one attached hydrogen (secondary N) is 2. The van der Waals surface area contributed by atoms with Crippen LogP contribution in [0.3, 0.4) is 0 Å². The Labute approximate surface area is 204 Å². The standard InChI is InChI=1S/C27H29ClN2O2S/c1-16-8-11-20(12-9-16)29-25(32)23-21-13-10-18(27(2,3)4)15-22(21)33-26(23)30-24(31)17-6-5-7-19(28)14-17/h5-9,11-12,14,18H,10,13,15H2,1-4H3,(H,29,32)(H,30,31)/t18-/m1/s1. The first-order valence-electron chi connectivity index (χ1n) is 11.2. The fourth-order valence-electron chi connectivity index (χ4n) is 4.29. The van der Waals surface area contributed by atoms with Gasteiger partial charge in [-0.05, 0) is 73.4 Å². The number of hydrogen-bond donors (Lipinski definition) is 2. The second kappa shape index (κ2) is 9.32. The molecule has 0 spiro atoms. The van der Waals surface area contributed by atoms with E-state index in [0.717, 1.165) is 36.1 Å². The van der Waals surface area contributed by atoms with E-state index in [4.69, 9.17) is 11.6 Å². The number of amides is 2. The van der Waals surface area contributed by atoms with Gasteiger partial charge < -0.3 is 10.6 Å². The van der Waals surface area contributed by atoms with Gasteiger partial charge in [0.05, 0.1) is 5.56 Å². The monoisotopic (exact) mass is 480 g/mol. The van der Waals surface area contributed by atoms with Gasteiger partial charge in [0.2, 0.25) is 0 Å². The van der Waals surface area contributed by atoms with E-state index in [-0.39, 0.29) is 17.2 Å². The van der Waals surface area contributed by atoms with Crippen LogP contribution < -0.4 is 10.6 Å². The van der Waals surface area contributed by atoms with Crippen molar-refractivity contribution >= 4 is 45.4 Å². The molecule has 0 aliphatic heterocycles. The molecule has 3 aromatic rings. The number of anilines is 2. The van der Waals surface area contributed by atoms with Crippen molar-refractivity contribution in [1.29, 1.82) is 0 Å². The molecule has 4 nitrogen and oxygen atoms in total. The van der Waals surface area contributed by atoms with E-state index in [2.05, 4.69) is 31.4 Å². The average Bonchev–Trinajstić information content (AvgIpc) is 3.11. The fraction of sp³-hybridized carbons (Fsp3) is 0.333. The molecule has 0 radical (unpaired) electrons. The van der Waals surface area contributed by atoms with Crippen LogP contribution in [0.1, 0.15) is 63.9 Å². The molecule has 0 unspecified atom stereocenters. The summed E-state index contributed by atoms with van der Waals surface area (Å²) in [5, 5.41) is 7.12. The second-order valence-corrected chi connectivity index (χ2v) is 11.3. The largest absolute Gasteiger partial charge is 0.322 e. The number of carbonyl (C=O) groups is 2. The first-order chi connectivity index (χ1) is 15.6. The van der Waals surface area contributed by atoms with Crippen LogP contribution in [0, 0.1) is 18.3 Å². The van der Waals surface area contributed by atoms with Gasteiger partial charge in [0.15, 0.2) is 0 Å². The van der Waals surface area contributed by atoms with Gasteiger partial charge in [0.1, 0.15) is 5.00 Å². The van der Waals surface area contributed by atoms with E-state index < -0.39 is 0 Å². The smallest absolute Gasteiger partial charge is 0.258 e. The van der Waals surface area contributed by atoms with Gasteiger partial charge in [-0.15, -0.1) is 11.3 Å². The molecule has 2 aromatic carbocycles. The number of benzene rings is 2. The summed E-state index contributed by atoms with van der Waals surface area (Å²) in [6.45, 7) is 8.81. The van der Waals surface area contributed by atoms with E-state index in [9.17, 15) is 9.59 Å². The Morgan fingerprint density at radius 3 is 2.42 bits per heavy atom. The maximum Gasteiger partial charge on any atom is 0.258 e. The van der Waals surface area contributed by atoms with E-state index >= 15 is 0 Å². The highest BCUT2D eigenvalue weighted by Gasteiger charge is 2.34. The van der Waals surface area contributed by atoms with Crippen molar-refractivity contribution in [3.8, 4) is 0 Å². The number of halogens is 1. The molecule has 1 heterocycles. The predicted molar refractivity (Wildman–Crippen MR) is 138 cm³/mol. The summed E-state index contributed by atoms with van der Waals surface area (Å²) in [5.74, 6) is 0.0768. The molecule has 6 heteroatoms. The summed E-state index contributed by atoms with van der Waals surface area (Å²) in [5.41, 5.74) is 4.16. The number of hydrogen-bond acceptors (Lipinski definition) is 3. The zero-order chi connectivity index (χ0) is 23.8. The SMILES string of the molecule is Cc1ccc(NC(=O)c2c(NC(=O)c3cccc(Cl)c3)sc3c2CC[C@@H](C(C)(C)C)C3)cc1. The number of rotatable bonds is 4. The molecule has 1 aromatic heterocycles. The van der Waals surface area contributed by atoms with Crippen molar-refractivity contribution in [1.82, 2.24) is 0 Å². The van der Waals surface area contributed by atoms with Crippen molar-refractivity contribution in [3.63, 3.8) is 0 Å². The van der Waals surface area contributed by atoms with Gasteiger partial charge in [-0.3, -0.25) is 9.59 Å². The third kappa shape index (κ3) is 5.31. The first kappa shape index (κ1) is 23.5. The van der Waals surface area contributed by atoms with Crippen molar-refractivity contribution in [3.05, 3.63) is 80.7 Å². The van der Waals surface area contributed by atoms with Crippen LogP contribution in [0.4, 0.5) is 10.7 Å². The van der Waals surface area contributed by atoms with Gasteiger partial charge in [-0.2, -0.15) is 0 Å². The minimum Gasteiger partial charge on any atom is -0.322 e. The Morgan fingerprint density at radius 2 is 1.76 bits per heavy atom. The molecular weight excluding hydrogens is 452 g/mol. The van der Waals surface area contributed by atoms with Gasteiger partial charge in [0, 0.05) is 21.2 Å². The second-order valence-electron chi connectivity index (χ2n) is 9.80. The van der Waals surface area contributed by atoms with Crippen molar-refractivity contribution < 1.29 is 9.59 Å². The normalized spacial score (nSPS) is 15.6. The highest BCUT2D eigenvalue weighted by atomic mass is 35.5. The Bertz CT molecular complexity index is 1190. The summed E-state index contributed by atoms with van der Waals surface area (Å²) >= 11 is 7.60. The van der Waals surface area contributed by atoms with E-state index in [0.29, 0.717) is 27.1 Å². The molecule has 0 bridgehead atoms. The number of fused-ring (bicyclic) bond motifs is 1. The molecule has 1 atom stereocenters. The minimum atomic E-state index is -0.271. The maximum atomic E-state index is 13.4. The molecule has 1 aliphatic rings. The first-order valence-corrected chi connectivity index (χ1v) is 12.4. The van der Waals surface area contributed by atoms with Crippen LogP contribution in [0.15, 0.2) is 48.5 Å². The molecule has 1 aliphatic carbocycles. The minimum absolute atomic E-state index is 0.188. The van der Waals surface area contributed by atoms with Gasteiger partial charge in [0.25, 0.3) is 11.8 Å². The quantitative estimate of drug-likeness (QED) is 0.409. The van der Waals surface area contributed by atoms with E-state index in [1.807, 2.05) is 31.2 Å². The predicted octanol–water partition coefficient (Wildman–Crippen LogP) is 7.37. The van der Waals surface area contributed by atoms with E-state index in [1.165, 1.54) is 16.2 Å². The molecule has 4 rings (SSSR count). The topological polar surface area (TPSA) is 58.2 Å². The van der Waals surface area contributed by atoms with Crippen molar-refractivity contribution in [2.75, 3.05) is 10.6 Å². The van der Waals surface area contributed by atoms with Crippen LogP contribution in [-0.2, 0) is 12.8 Å². The maximum absolute atomic E-state index is 13.4. The number of thiophene rings is 1. The average molecular weight is 481 g/mol. The molecule has 2 N–H and O–H groups in total. The summed E-state index contributed by atoms with van der Waals surface area (Å²) in [4.78, 5) is 27.6. The molecule has 172 valence electrons. The molecule has 2 amide bonds. The third-order valence-corrected chi connectivity index (χ3v) is 7.75. The van der Waals surface area contributed by atoms with Crippen molar-refractivity contribution in [2.24, 2.45) is 11.3 Å². The summed E-state index contributed by atoms with van der Waals surface area (Å²) < 4.78 is 0. The molecule has 0 fully saturated rings. The van der Waals surface area contributed by atoms with Crippen LogP contribution >= 0.6 is 22.9 Å². The number of carbonyl (C=O) groups excluding carboxylic acids is 2. The lowest BCUT2D eigenvalue weighted by molar-refractivity contribution is 0.102. The molecule has 33 heavy (non-hydrogen) atoms. The van der Waals surface area contributed by atoms with Crippen LogP contribution in [-0.4, -0.2) is 11.8 Å². The molecular formula is C27H29ClN2O2S. The highest BCUT2D eigenvalue weighted by molar-refractivity contribution is 7.17. The van der Waals surface area contributed by atoms with Gasteiger partial charge in [-0.1, -0.05) is 56.1 Å². The Kier molecular flexibility index (Phi) is 6.64. The third-order valence-electron chi connectivity index (χ3n) is 6.34. The summed E-state index contributed by atoms with van der Waals surface area (Å²) in [7, 11) is 0. The van der Waals surface area contributed by atoms with Gasteiger partial charge >= 0.3 is 0 Å². The van der Waals surface area contributed by atoms with Crippen LogP contribution in [0.2, 0.25) is 5.02 Å². The lowest BCUT2D eigenvalue weighted by atomic mass is 9.72. The lowest BCUT2D eigenvalue weighted by Crippen LogP contribution is -2.27. The highest BCUT2D eigenvalue weighted by Crippen LogP contribution is 2.44. The van der Waals surface area contributed by atoms with Crippen LogP contribution in [0.5, 0.6) is 0 Å². The zero-order valence-electron chi connectivity index (χ0n) is 19.4. The summed E-state index contributed by atoms with van der Waals surface area (Å²) in [6, 6.07) is 14.5. The lowest BCUT2D eigenvalue weighted by Gasteiger charge is -2.33. The van der Waals surface area contributed by atoms with Crippen LogP contribution in [0.25, 0.3) is 0 Å². The Hall–Kier alpha value is -2.63. The Morgan fingerprint density at radius 1 is 1.03 bits per heavy atom. The number of aryl methyl sites for hydroxylation is 1. The zero-order valence-corrected chi connectivity index (χ0v) is 21.0. The molecule has 0 saturated heterocycles. The van der Waals surface area contributed by atoms with Gasteiger partial charge in [-0.25, -0.2) is 0 Å². The summed E-state index contributed by atoms with van der Waals surface area (Å²) in [6.07, 6.45) is 2.78. The molecule has 0 saturated carbocycles. The van der Waals surface area contributed by atoms with Crippen molar-refractivity contribution in [2.45, 2.75) is 47.0 Å².